The van der Waals surface area contributed by atoms with Crippen molar-refractivity contribution in [1.82, 2.24) is 30.0 Å². The van der Waals surface area contributed by atoms with Crippen molar-refractivity contribution in [3.63, 3.8) is 0 Å². The molecule has 0 atom stereocenters. The maximum atomic E-state index is 12.2. The van der Waals surface area contributed by atoms with E-state index in [1.807, 2.05) is 6.92 Å². The summed E-state index contributed by atoms with van der Waals surface area (Å²) < 4.78 is 8.51. The summed E-state index contributed by atoms with van der Waals surface area (Å²) in [7, 11) is 1.53. The Balaban J connectivity index is 1.83. The Labute approximate surface area is 131 Å². The lowest BCUT2D eigenvalue weighted by Gasteiger charge is -2.11. The van der Waals surface area contributed by atoms with Crippen LogP contribution < -0.4 is 10.1 Å². The van der Waals surface area contributed by atoms with E-state index in [1.165, 1.54) is 18.1 Å². The number of carbonyl (C=O) groups is 1. The Hall–Kier alpha value is -3.23. The average molecular weight is 313 g/mol. The molecule has 0 aliphatic carbocycles. The van der Waals surface area contributed by atoms with E-state index in [1.54, 1.807) is 35.1 Å². The largest absolute Gasteiger partial charge is 0.494 e. The average Bonchev–Trinajstić information content (AvgIpc) is 3.26. The molecule has 0 spiro atoms. The van der Waals surface area contributed by atoms with Gasteiger partial charge in [0.25, 0.3) is 5.91 Å². The quantitative estimate of drug-likeness (QED) is 0.758. The van der Waals surface area contributed by atoms with Gasteiger partial charge in [0.1, 0.15) is 12.1 Å². The van der Waals surface area contributed by atoms with E-state index in [0.717, 1.165) is 5.69 Å². The van der Waals surface area contributed by atoms with Crippen molar-refractivity contribution in [1.29, 1.82) is 0 Å². The van der Waals surface area contributed by atoms with E-state index < -0.39 is 0 Å². The van der Waals surface area contributed by atoms with Crippen molar-refractivity contribution in [3.8, 4) is 11.4 Å². The molecule has 0 aliphatic heterocycles. The van der Waals surface area contributed by atoms with Crippen molar-refractivity contribution in [3.05, 3.63) is 42.5 Å². The van der Waals surface area contributed by atoms with E-state index in [2.05, 4.69) is 25.9 Å². The lowest BCUT2D eigenvalue weighted by atomic mass is 10.2. The molecule has 2 aromatic heterocycles. The van der Waals surface area contributed by atoms with Crippen LogP contribution in [0.15, 0.2) is 36.8 Å². The van der Waals surface area contributed by atoms with Gasteiger partial charge in [0.15, 0.2) is 5.69 Å². The minimum Gasteiger partial charge on any atom is -0.494 e. The molecule has 118 valence electrons. The number of anilines is 1. The summed E-state index contributed by atoms with van der Waals surface area (Å²) in [6.07, 6.45) is 3.23. The molecule has 1 aromatic carbocycles. The van der Waals surface area contributed by atoms with Gasteiger partial charge in [-0.1, -0.05) is 0 Å². The zero-order valence-corrected chi connectivity index (χ0v) is 12.7. The fourth-order valence-corrected chi connectivity index (χ4v) is 2.05. The van der Waals surface area contributed by atoms with Crippen molar-refractivity contribution < 1.29 is 9.53 Å². The van der Waals surface area contributed by atoms with Crippen LogP contribution in [-0.4, -0.2) is 43.0 Å². The number of hydrogen-bond donors (Lipinski definition) is 1. The summed E-state index contributed by atoms with van der Waals surface area (Å²) in [6.45, 7) is 2.66. The number of aryl methyl sites for hydroxylation is 1. The van der Waals surface area contributed by atoms with Gasteiger partial charge in [-0.05, 0) is 35.5 Å². The standard InChI is InChI=1S/C14H15N7O2/c1-3-20-7-6-12(17-20)14(22)16-11-5-4-10(8-13(11)23-2)21-9-15-18-19-21/h4-9H,3H2,1-2H3,(H,16,22). The molecule has 1 N–H and O–H groups in total. The smallest absolute Gasteiger partial charge is 0.276 e. The van der Waals surface area contributed by atoms with Crippen molar-refractivity contribution >= 4 is 11.6 Å². The number of ether oxygens (including phenoxy) is 1. The first-order valence-electron chi connectivity index (χ1n) is 6.97. The molecule has 0 unspecified atom stereocenters. The number of carbonyl (C=O) groups excluding carboxylic acids is 1. The van der Waals surface area contributed by atoms with Crippen LogP contribution in [0.2, 0.25) is 0 Å². The topological polar surface area (TPSA) is 99.8 Å². The Morgan fingerprint density at radius 1 is 1.35 bits per heavy atom. The fraction of sp³-hybridized carbons (Fsp3) is 0.214. The fourth-order valence-electron chi connectivity index (χ4n) is 2.05. The van der Waals surface area contributed by atoms with Gasteiger partial charge in [0.05, 0.1) is 18.5 Å². The molecule has 23 heavy (non-hydrogen) atoms. The number of tetrazole rings is 1. The van der Waals surface area contributed by atoms with E-state index in [-0.39, 0.29) is 5.91 Å². The molecule has 0 bridgehead atoms. The normalized spacial score (nSPS) is 10.5. The van der Waals surface area contributed by atoms with Gasteiger partial charge in [-0.3, -0.25) is 9.48 Å². The van der Waals surface area contributed by atoms with Crippen molar-refractivity contribution in [2.45, 2.75) is 13.5 Å². The Morgan fingerprint density at radius 3 is 2.87 bits per heavy atom. The summed E-state index contributed by atoms with van der Waals surface area (Å²) in [4.78, 5) is 12.2. The number of aromatic nitrogens is 6. The van der Waals surface area contributed by atoms with Gasteiger partial charge < -0.3 is 10.1 Å². The number of methoxy groups -OCH3 is 1. The first-order valence-corrected chi connectivity index (χ1v) is 6.97. The second kappa shape index (κ2) is 6.26. The third kappa shape index (κ3) is 3.03. The SMILES string of the molecule is CCn1ccc(C(=O)Nc2ccc(-n3cnnn3)cc2OC)n1. The predicted octanol–water partition coefficient (Wildman–Crippen LogP) is 1.14. The minimum atomic E-state index is -0.300. The van der Waals surface area contributed by atoms with Crippen LogP contribution in [0.4, 0.5) is 5.69 Å². The molecule has 9 nitrogen and oxygen atoms in total. The van der Waals surface area contributed by atoms with Gasteiger partial charge in [-0.15, -0.1) is 5.10 Å². The highest BCUT2D eigenvalue weighted by Gasteiger charge is 2.13. The first kappa shape index (κ1) is 14.7. The molecule has 0 saturated carbocycles. The second-order valence-corrected chi connectivity index (χ2v) is 4.65. The van der Waals surface area contributed by atoms with Crippen molar-refractivity contribution in [2.75, 3.05) is 12.4 Å². The molecule has 0 fully saturated rings. The van der Waals surface area contributed by atoms with Gasteiger partial charge in [-0.2, -0.15) is 5.10 Å². The van der Waals surface area contributed by atoms with E-state index in [9.17, 15) is 4.79 Å². The molecule has 3 aromatic rings. The third-order valence-electron chi connectivity index (χ3n) is 3.24. The van der Waals surface area contributed by atoms with Crippen LogP contribution in [0.1, 0.15) is 17.4 Å². The number of amides is 1. The van der Waals surface area contributed by atoms with Crippen LogP contribution >= 0.6 is 0 Å². The zero-order valence-electron chi connectivity index (χ0n) is 12.7. The Kier molecular flexibility index (Phi) is 4.00. The van der Waals surface area contributed by atoms with Crippen LogP contribution in [0, 0.1) is 0 Å². The lowest BCUT2D eigenvalue weighted by Crippen LogP contribution is -2.14. The van der Waals surface area contributed by atoms with Gasteiger partial charge in [-0.25, -0.2) is 4.68 Å². The predicted molar refractivity (Wildman–Crippen MR) is 81.6 cm³/mol. The monoisotopic (exact) mass is 313 g/mol. The van der Waals surface area contributed by atoms with Gasteiger partial charge in [0, 0.05) is 18.8 Å². The maximum Gasteiger partial charge on any atom is 0.276 e. The van der Waals surface area contributed by atoms with Crippen molar-refractivity contribution in [2.24, 2.45) is 0 Å². The van der Waals surface area contributed by atoms with Crippen LogP contribution in [-0.2, 0) is 6.54 Å². The summed E-state index contributed by atoms with van der Waals surface area (Å²) in [6, 6.07) is 6.90. The maximum absolute atomic E-state index is 12.2. The molecule has 9 heteroatoms. The molecule has 3 rings (SSSR count). The van der Waals surface area contributed by atoms with Crippen LogP contribution in [0.3, 0.4) is 0 Å². The molecule has 0 aliphatic rings. The summed E-state index contributed by atoms with van der Waals surface area (Å²) >= 11 is 0. The highest BCUT2D eigenvalue weighted by molar-refractivity contribution is 6.03. The van der Waals surface area contributed by atoms with Crippen LogP contribution in [0.5, 0.6) is 5.75 Å². The van der Waals surface area contributed by atoms with Crippen LogP contribution in [0.25, 0.3) is 5.69 Å². The highest BCUT2D eigenvalue weighted by atomic mass is 16.5. The number of benzene rings is 1. The number of rotatable bonds is 5. The number of nitrogens with zero attached hydrogens (tertiary/aromatic N) is 6. The van der Waals surface area contributed by atoms with Gasteiger partial charge in [0.2, 0.25) is 0 Å². The molecule has 0 radical (unpaired) electrons. The lowest BCUT2D eigenvalue weighted by molar-refractivity contribution is 0.102. The highest BCUT2D eigenvalue weighted by Crippen LogP contribution is 2.27. The van der Waals surface area contributed by atoms with E-state index >= 15 is 0 Å². The third-order valence-corrected chi connectivity index (χ3v) is 3.24. The Morgan fingerprint density at radius 2 is 2.22 bits per heavy atom. The second-order valence-electron chi connectivity index (χ2n) is 4.65. The molecular formula is C14H15N7O2. The number of nitrogens with one attached hydrogen (secondary N) is 1. The van der Waals surface area contributed by atoms with E-state index in [0.29, 0.717) is 23.7 Å². The molecule has 0 saturated heterocycles. The molecular weight excluding hydrogens is 298 g/mol. The summed E-state index contributed by atoms with van der Waals surface area (Å²) in [5, 5.41) is 17.9. The van der Waals surface area contributed by atoms with Gasteiger partial charge >= 0.3 is 0 Å². The number of hydrogen-bond acceptors (Lipinski definition) is 6. The zero-order chi connectivity index (χ0) is 16.2. The first-order chi connectivity index (χ1) is 11.2. The van der Waals surface area contributed by atoms with E-state index in [4.69, 9.17) is 4.74 Å². The summed E-state index contributed by atoms with van der Waals surface area (Å²) in [5.41, 5.74) is 1.61. The minimum absolute atomic E-state index is 0.300. The molecule has 2 heterocycles. The molecule has 1 amide bonds. The summed E-state index contributed by atoms with van der Waals surface area (Å²) in [5.74, 6) is 0.201. The Bertz CT molecular complexity index is 810.